The van der Waals surface area contributed by atoms with Crippen LogP contribution in [-0.4, -0.2) is 36.7 Å². The van der Waals surface area contributed by atoms with E-state index in [2.05, 4.69) is 10.6 Å². The number of hydrogen-bond donors (Lipinski definition) is 2. The number of para-hydroxylation sites is 1. The molecule has 0 saturated carbocycles. The normalized spacial score (nSPS) is 10.2. The van der Waals surface area contributed by atoms with Crippen LogP contribution in [0.2, 0.25) is 5.02 Å². The fraction of sp³-hybridized carbons (Fsp3) is 0.263. The second kappa shape index (κ2) is 11.2. The molecule has 0 bridgehead atoms. The molecule has 2 aromatic rings. The third kappa shape index (κ3) is 7.50. The predicted molar refractivity (Wildman–Crippen MR) is 107 cm³/mol. The highest BCUT2D eigenvalue weighted by Crippen LogP contribution is 2.20. The molecule has 0 aliphatic heterocycles. The lowest BCUT2D eigenvalue weighted by molar-refractivity contribution is -0.147. The summed E-state index contributed by atoms with van der Waals surface area (Å²) in [4.78, 5) is 47.5. The monoisotopic (exact) mass is 422 g/mol. The van der Waals surface area contributed by atoms with Gasteiger partial charge in [-0.2, -0.15) is 0 Å². The summed E-state index contributed by atoms with van der Waals surface area (Å²) in [5.41, 5.74) is 0.426. The number of amides is 2. The number of esters is 1. The minimum absolute atomic E-state index is 0.0476. The van der Waals surface area contributed by atoms with Crippen molar-refractivity contribution in [3.63, 3.8) is 0 Å². The van der Waals surface area contributed by atoms with Crippen molar-refractivity contribution in [2.45, 2.75) is 19.3 Å². The van der Waals surface area contributed by atoms with Gasteiger partial charge in [0.1, 0.15) is 0 Å². The van der Waals surface area contributed by atoms with E-state index in [0.717, 1.165) is 0 Å². The number of nitrogens with one attached hydrogen (secondary N) is 2. The van der Waals surface area contributed by atoms with Crippen LogP contribution < -0.4 is 10.6 Å². The van der Waals surface area contributed by atoms with Crippen molar-refractivity contribution in [2.24, 2.45) is 0 Å². The van der Waals surface area contributed by atoms with Gasteiger partial charge < -0.3 is 15.4 Å². The van der Waals surface area contributed by atoms with E-state index in [1.54, 1.807) is 41.8 Å². The van der Waals surface area contributed by atoms with Crippen LogP contribution in [0.1, 0.15) is 28.9 Å². The highest BCUT2D eigenvalue weighted by atomic mass is 35.5. The summed E-state index contributed by atoms with van der Waals surface area (Å²) < 4.78 is 4.85. The number of halogens is 1. The number of hydrogen-bond acceptors (Lipinski definition) is 6. The van der Waals surface area contributed by atoms with Gasteiger partial charge in [-0.3, -0.25) is 19.2 Å². The van der Waals surface area contributed by atoms with E-state index in [1.165, 1.54) is 11.3 Å². The average molecular weight is 423 g/mol. The van der Waals surface area contributed by atoms with E-state index < -0.39 is 18.5 Å². The number of carbonyl (C=O) groups excluding carboxylic acids is 4. The molecule has 0 spiro atoms. The van der Waals surface area contributed by atoms with Gasteiger partial charge in [-0.1, -0.05) is 29.8 Å². The Bertz CT molecular complexity index is 839. The molecule has 0 fully saturated rings. The summed E-state index contributed by atoms with van der Waals surface area (Å²) in [6.45, 7) is -0.385. The Morgan fingerprint density at radius 2 is 1.75 bits per heavy atom. The van der Waals surface area contributed by atoms with Gasteiger partial charge >= 0.3 is 5.97 Å². The van der Waals surface area contributed by atoms with Crippen molar-refractivity contribution in [2.75, 3.05) is 18.5 Å². The van der Waals surface area contributed by atoms with Crippen LogP contribution in [0.4, 0.5) is 5.69 Å². The molecule has 148 valence electrons. The first kappa shape index (κ1) is 21.6. The van der Waals surface area contributed by atoms with Crippen LogP contribution in [0.3, 0.4) is 0 Å². The third-order valence-corrected chi connectivity index (χ3v) is 4.78. The van der Waals surface area contributed by atoms with Gasteiger partial charge in [0.15, 0.2) is 12.4 Å². The van der Waals surface area contributed by atoms with Gasteiger partial charge in [-0.15, -0.1) is 11.3 Å². The van der Waals surface area contributed by atoms with Crippen LogP contribution >= 0.6 is 22.9 Å². The number of Topliss-reactive ketones (excluding diaryl/α,β-unsaturated/α-hetero) is 1. The summed E-state index contributed by atoms with van der Waals surface area (Å²) >= 11 is 7.25. The van der Waals surface area contributed by atoms with Crippen LogP contribution in [0.5, 0.6) is 0 Å². The largest absolute Gasteiger partial charge is 0.456 e. The van der Waals surface area contributed by atoms with Crippen LogP contribution in [0.25, 0.3) is 0 Å². The van der Waals surface area contributed by atoms with Crippen LogP contribution in [-0.2, 0) is 19.1 Å². The minimum Gasteiger partial charge on any atom is -0.456 e. The number of ketones is 1. The maximum absolute atomic E-state index is 11.8. The molecular formula is C19H19ClN2O5S. The molecule has 28 heavy (non-hydrogen) atoms. The van der Waals surface area contributed by atoms with Gasteiger partial charge in [0, 0.05) is 19.4 Å². The molecule has 0 atom stereocenters. The number of ether oxygens (including phenoxy) is 1. The molecule has 2 amide bonds. The Balaban J connectivity index is 1.58. The molecule has 0 saturated heterocycles. The minimum atomic E-state index is -0.621. The lowest BCUT2D eigenvalue weighted by Crippen LogP contribution is -2.28. The zero-order valence-corrected chi connectivity index (χ0v) is 16.5. The molecule has 7 nitrogen and oxygen atoms in total. The molecular weight excluding hydrogens is 404 g/mol. The first-order chi connectivity index (χ1) is 13.5. The Kier molecular flexibility index (Phi) is 8.64. The van der Waals surface area contributed by atoms with Crippen molar-refractivity contribution >= 4 is 52.2 Å². The molecule has 0 aliphatic rings. The Morgan fingerprint density at radius 1 is 0.964 bits per heavy atom. The van der Waals surface area contributed by atoms with E-state index in [0.29, 0.717) is 15.6 Å². The molecule has 1 aromatic heterocycles. The van der Waals surface area contributed by atoms with Gasteiger partial charge in [-0.05, 0) is 23.6 Å². The molecule has 2 rings (SSSR count). The van der Waals surface area contributed by atoms with Crippen molar-refractivity contribution in [1.82, 2.24) is 5.32 Å². The summed E-state index contributed by atoms with van der Waals surface area (Å²) in [5.74, 6) is -1.55. The molecule has 0 unspecified atom stereocenters. The Morgan fingerprint density at radius 3 is 2.46 bits per heavy atom. The Labute approximate surface area is 171 Å². The lowest BCUT2D eigenvalue weighted by atomic mass is 10.2. The summed E-state index contributed by atoms with van der Waals surface area (Å²) in [5, 5.41) is 7.25. The predicted octanol–water partition coefficient (Wildman–Crippen LogP) is 3.05. The van der Waals surface area contributed by atoms with Crippen molar-refractivity contribution in [3.8, 4) is 0 Å². The number of anilines is 1. The zero-order chi connectivity index (χ0) is 20.4. The highest BCUT2D eigenvalue weighted by Gasteiger charge is 2.12. The number of rotatable bonds is 10. The van der Waals surface area contributed by atoms with Crippen LogP contribution in [0, 0.1) is 0 Å². The summed E-state index contributed by atoms with van der Waals surface area (Å²) in [7, 11) is 0. The fourth-order valence-electron chi connectivity index (χ4n) is 2.15. The number of benzene rings is 1. The quantitative estimate of drug-likeness (QED) is 0.452. The second-order valence-electron chi connectivity index (χ2n) is 5.69. The van der Waals surface area contributed by atoms with Gasteiger partial charge in [-0.25, -0.2) is 0 Å². The maximum atomic E-state index is 11.8. The topological polar surface area (TPSA) is 102 Å². The van der Waals surface area contributed by atoms with E-state index in [4.69, 9.17) is 16.3 Å². The smallest absolute Gasteiger partial charge is 0.308 e. The second-order valence-corrected chi connectivity index (χ2v) is 7.04. The van der Waals surface area contributed by atoms with Gasteiger partial charge in [0.25, 0.3) is 5.91 Å². The van der Waals surface area contributed by atoms with Crippen molar-refractivity contribution in [3.05, 3.63) is 51.7 Å². The molecule has 0 aliphatic carbocycles. The first-order valence-electron chi connectivity index (χ1n) is 8.49. The fourth-order valence-corrected chi connectivity index (χ4v) is 3.02. The van der Waals surface area contributed by atoms with Crippen molar-refractivity contribution in [1.29, 1.82) is 0 Å². The molecule has 2 N–H and O–H groups in total. The maximum Gasteiger partial charge on any atom is 0.308 e. The molecule has 0 radical (unpaired) electrons. The van der Waals surface area contributed by atoms with Gasteiger partial charge in [0.2, 0.25) is 5.91 Å². The van der Waals surface area contributed by atoms with E-state index in [1.807, 2.05) is 0 Å². The SMILES string of the molecule is O=C(CCC(=O)c1cccs1)NCCC(=O)OCC(=O)Nc1ccccc1Cl. The van der Waals surface area contributed by atoms with E-state index in [9.17, 15) is 19.2 Å². The first-order valence-corrected chi connectivity index (χ1v) is 9.75. The number of thiophene rings is 1. The average Bonchev–Trinajstić information content (AvgIpc) is 3.21. The van der Waals surface area contributed by atoms with E-state index >= 15 is 0 Å². The van der Waals surface area contributed by atoms with E-state index in [-0.39, 0.29) is 37.5 Å². The summed E-state index contributed by atoms with van der Waals surface area (Å²) in [6.07, 6.45) is 0.0784. The molecule has 9 heteroatoms. The standard InChI is InChI=1S/C19H19ClN2O5S/c20-13-4-1-2-5-14(13)22-18(25)12-27-19(26)9-10-21-17(24)8-7-15(23)16-6-3-11-28-16/h1-6,11H,7-10,12H2,(H,21,24)(H,22,25). The molecule has 1 aromatic carbocycles. The van der Waals surface area contributed by atoms with Crippen molar-refractivity contribution < 1.29 is 23.9 Å². The third-order valence-electron chi connectivity index (χ3n) is 3.54. The number of carbonyl (C=O) groups is 4. The lowest BCUT2D eigenvalue weighted by Gasteiger charge is -2.08. The zero-order valence-electron chi connectivity index (χ0n) is 14.9. The molecule has 1 heterocycles. The van der Waals surface area contributed by atoms with Gasteiger partial charge in [0.05, 0.1) is 22.0 Å². The van der Waals surface area contributed by atoms with Crippen LogP contribution in [0.15, 0.2) is 41.8 Å². The summed E-state index contributed by atoms with van der Waals surface area (Å²) in [6, 6.07) is 10.2. The highest BCUT2D eigenvalue weighted by molar-refractivity contribution is 7.12. The Hall–Kier alpha value is -2.71.